The van der Waals surface area contributed by atoms with E-state index in [9.17, 15) is 5.11 Å². The van der Waals surface area contributed by atoms with Crippen LogP contribution in [0, 0.1) is 0 Å². The van der Waals surface area contributed by atoms with Gasteiger partial charge < -0.3 is 21.1 Å². The van der Waals surface area contributed by atoms with Gasteiger partial charge in [0.25, 0.3) is 0 Å². The molecule has 172 valence electrons. The Balaban J connectivity index is 2.09. The summed E-state index contributed by atoms with van der Waals surface area (Å²) in [4.78, 5) is 4.88. The van der Waals surface area contributed by atoms with Gasteiger partial charge in [-0.3, -0.25) is 9.67 Å². The molecule has 31 heavy (non-hydrogen) atoms. The van der Waals surface area contributed by atoms with Crippen LogP contribution in [0.4, 0.5) is 0 Å². The summed E-state index contributed by atoms with van der Waals surface area (Å²) >= 11 is 0. The van der Waals surface area contributed by atoms with Crippen LogP contribution in [0.2, 0.25) is 0 Å². The molecule has 1 heterocycles. The van der Waals surface area contributed by atoms with E-state index < -0.39 is 5.60 Å². The van der Waals surface area contributed by atoms with Crippen molar-refractivity contribution >= 4 is 5.96 Å². The van der Waals surface area contributed by atoms with Crippen LogP contribution in [0.5, 0.6) is 0 Å². The van der Waals surface area contributed by atoms with Crippen LogP contribution in [0.3, 0.4) is 0 Å². The molecule has 0 spiro atoms. The fourth-order valence-corrected chi connectivity index (χ4v) is 3.64. The maximum Gasteiger partial charge on any atom is 0.191 e. The first-order valence-electron chi connectivity index (χ1n) is 11.3. The normalized spacial score (nSPS) is 15.4. The molecule has 7 nitrogen and oxygen atoms in total. The maximum absolute atomic E-state index is 10.9. The number of aromatic nitrogens is 2. The second-order valence-electron chi connectivity index (χ2n) is 8.49. The Morgan fingerprint density at radius 2 is 1.84 bits per heavy atom. The average molecular weight is 429 g/mol. The quantitative estimate of drug-likeness (QED) is 0.326. The van der Waals surface area contributed by atoms with E-state index in [1.165, 1.54) is 5.56 Å². The highest BCUT2D eigenvalue weighted by Gasteiger charge is 2.29. The second kappa shape index (κ2) is 11.3. The molecule has 2 aromatic rings. The Kier molecular flexibility index (Phi) is 9.07. The average Bonchev–Trinajstić information content (AvgIpc) is 3.22. The van der Waals surface area contributed by atoms with Gasteiger partial charge >= 0.3 is 0 Å². The number of aryl methyl sites for hydroxylation is 1. The maximum atomic E-state index is 10.9. The SMILES string of the molecule is CCNC(=NCC(CC)(CC)NC(C)c1ccccc1)NCC(C)(O)c1cnn(C)c1. The highest BCUT2D eigenvalue weighted by molar-refractivity contribution is 5.79. The van der Waals surface area contributed by atoms with Crippen LogP contribution in [0.15, 0.2) is 47.7 Å². The number of benzene rings is 1. The van der Waals surface area contributed by atoms with E-state index in [1.807, 2.05) is 26.2 Å². The van der Waals surface area contributed by atoms with Crippen molar-refractivity contribution in [2.75, 3.05) is 19.6 Å². The highest BCUT2D eigenvalue weighted by Crippen LogP contribution is 2.23. The van der Waals surface area contributed by atoms with Crippen molar-refractivity contribution < 1.29 is 5.11 Å². The fourth-order valence-electron chi connectivity index (χ4n) is 3.64. The van der Waals surface area contributed by atoms with Crippen molar-refractivity contribution in [2.24, 2.45) is 12.0 Å². The standard InChI is InChI=1S/C24H40N6O/c1-7-24(8-2,29-19(4)20-13-11-10-12-14-20)18-27-22(25-9-3)26-17-23(5,31)21-15-28-30(6)16-21/h10-16,19,29,31H,7-9,17-18H2,1-6H3,(H2,25,26,27). The van der Waals surface area contributed by atoms with Gasteiger partial charge in [0, 0.05) is 36.9 Å². The summed E-state index contributed by atoms with van der Waals surface area (Å²) < 4.78 is 1.69. The van der Waals surface area contributed by atoms with Crippen molar-refractivity contribution in [3.05, 3.63) is 53.9 Å². The molecule has 0 amide bonds. The molecule has 0 aliphatic heterocycles. The highest BCUT2D eigenvalue weighted by atomic mass is 16.3. The molecule has 2 unspecified atom stereocenters. The number of hydrogen-bond acceptors (Lipinski definition) is 4. The van der Waals surface area contributed by atoms with Crippen LogP contribution >= 0.6 is 0 Å². The Morgan fingerprint density at radius 3 is 2.39 bits per heavy atom. The molecule has 1 aromatic heterocycles. The van der Waals surface area contributed by atoms with Gasteiger partial charge in [-0.1, -0.05) is 44.2 Å². The minimum absolute atomic E-state index is 0.108. The van der Waals surface area contributed by atoms with Gasteiger partial charge in [0.2, 0.25) is 0 Å². The third kappa shape index (κ3) is 7.08. The van der Waals surface area contributed by atoms with Crippen LogP contribution in [-0.2, 0) is 12.6 Å². The van der Waals surface area contributed by atoms with Crippen molar-refractivity contribution in [3.8, 4) is 0 Å². The van der Waals surface area contributed by atoms with Crippen LogP contribution in [0.1, 0.15) is 64.6 Å². The van der Waals surface area contributed by atoms with E-state index >= 15 is 0 Å². The molecule has 2 atom stereocenters. The Morgan fingerprint density at radius 1 is 1.16 bits per heavy atom. The van der Waals surface area contributed by atoms with Gasteiger partial charge in [-0.2, -0.15) is 5.10 Å². The third-order valence-corrected chi connectivity index (χ3v) is 5.99. The van der Waals surface area contributed by atoms with Crippen molar-refractivity contribution in [3.63, 3.8) is 0 Å². The van der Waals surface area contributed by atoms with Crippen LogP contribution < -0.4 is 16.0 Å². The lowest BCUT2D eigenvalue weighted by Gasteiger charge is -2.35. The van der Waals surface area contributed by atoms with E-state index in [0.717, 1.165) is 24.9 Å². The number of rotatable bonds is 11. The molecular formula is C24H40N6O. The zero-order valence-corrected chi connectivity index (χ0v) is 19.9. The summed E-state index contributed by atoms with van der Waals surface area (Å²) in [7, 11) is 1.84. The number of nitrogens with one attached hydrogen (secondary N) is 3. The van der Waals surface area contributed by atoms with E-state index in [4.69, 9.17) is 4.99 Å². The van der Waals surface area contributed by atoms with Crippen LogP contribution in [-0.4, -0.2) is 46.0 Å². The summed E-state index contributed by atoms with van der Waals surface area (Å²) in [5, 5.41) is 25.5. The fraction of sp³-hybridized carbons (Fsp3) is 0.583. The zero-order chi connectivity index (χ0) is 22.9. The summed E-state index contributed by atoms with van der Waals surface area (Å²) in [5.41, 5.74) is 0.893. The summed E-state index contributed by atoms with van der Waals surface area (Å²) in [6.07, 6.45) is 5.47. The Labute approximate surface area is 187 Å². The predicted octanol–water partition coefficient (Wildman–Crippen LogP) is 3.09. The lowest BCUT2D eigenvalue weighted by atomic mass is 9.90. The van der Waals surface area contributed by atoms with Crippen molar-refractivity contribution in [2.45, 2.75) is 64.6 Å². The molecule has 0 bridgehead atoms. The third-order valence-electron chi connectivity index (χ3n) is 5.99. The molecule has 1 aromatic carbocycles. The number of guanidine groups is 1. The van der Waals surface area contributed by atoms with E-state index in [0.29, 0.717) is 19.0 Å². The minimum Gasteiger partial charge on any atom is -0.383 e. The van der Waals surface area contributed by atoms with E-state index in [-0.39, 0.29) is 11.6 Å². The Bertz CT molecular complexity index is 810. The predicted molar refractivity (Wildman–Crippen MR) is 128 cm³/mol. The van der Waals surface area contributed by atoms with Crippen LogP contribution in [0.25, 0.3) is 0 Å². The molecule has 0 fully saturated rings. The van der Waals surface area contributed by atoms with E-state index in [2.05, 4.69) is 66.1 Å². The van der Waals surface area contributed by atoms with Gasteiger partial charge in [-0.25, -0.2) is 0 Å². The first-order chi connectivity index (χ1) is 14.7. The Hall–Kier alpha value is -2.38. The monoisotopic (exact) mass is 428 g/mol. The van der Waals surface area contributed by atoms with Crippen molar-refractivity contribution in [1.82, 2.24) is 25.7 Å². The molecule has 7 heteroatoms. The number of aliphatic hydroxyl groups is 1. The second-order valence-corrected chi connectivity index (χ2v) is 8.49. The van der Waals surface area contributed by atoms with E-state index in [1.54, 1.807) is 17.8 Å². The molecule has 0 radical (unpaired) electrons. The topological polar surface area (TPSA) is 86.5 Å². The largest absolute Gasteiger partial charge is 0.383 e. The number of hydrogen-bond donors (Lipinski definition) is 4. The van der Waals surface area contributed by atoms with Gasteiger partial charge in [0.15, 0.2) is 5.96 Å². The molecule has 0 aliphatic rings. The molecule has 0 saturated carbocycles. The molecule has 0 saturated heterocycles. The summed E-state index contributed by atoms with van der Waals surface area (Å²) in [6.45, 7) is 12.2. The lowest BCUT2D eigenvalue weighted by Crippen LogP contribution is -2.50. The van der Waals surface area contributed by atoms with Crippen molar-refractivity contribution in [1.29, 1.82) is 0 Å². The summed E-state index contributed by atoms with van der Waals surface area (Å²) in [6, 6.07) is 10.7. The molecule has 4 N–H and O–H groups in total. The molecular weight excluding hydrogens is 388 g/mol. The summed E-state index contributed by atoms with van der Waals surface area (Å²) in [5.74, 6) is 0.701. The number of nitrogens with zero attached hydrogens (tertiary/aromatic N) is 3. The van der Waals surface area contributed by atoms with Gasteiger partial charge in [0.1, 0.15) is 5.60 Å². The lowest BCUT2D eigenvalue weighted by molar-refractivity contribution is 0.0616. The smallest absolute Gasteiger partial charge is 0.191 e. The molecule has 2 rings (SSSR count). The molecule has 0 aliphatic carbocycles. The number of aliphatic imine (C=N–C) groups is 1. The first-order valence-corrected chi connectivity index (χ1v) is 11.3. The van der Waals surface area contributed by atoms with Gasteiger partial charge in [0.05, 0.1) is 19.3 Å². The van der Waals surface area contributed by atoms with Gasteiger partial charge in [-0.05, 0) is 39.2 Å². The minimum atomic E-state index is -1.04. The van der Waals surface area contributed by atoms with Gasteiger partial charge in [-0.15, -0.1) is 0 Å². The first kappa shape index (κ1) is 24.9. The zero-order valence-electron chi connectivity index (χ0n) is 19.9.